The van der Waals surface area contributed by atoms with Gasteiger partial charge in [0.15, 0.2) is 0 Å². The first kappa shape index (κ1) is 16.6. The normalized spacial score (nSPS) is 1.25. The fourth-order valence-electron chi connectivity index (χ4n) is 0. The summed E-state index contributed by atoms with van der Waals surface area (Å²) in [5.74, 6) is 0. The van der Waals surface area contributed by atoms with Crippen LogP contribution in [0.3, 0.4) is 0 Å². The summed E-state index contributed by atoms with van der Waals surface area (Å²) in [4.78, 5) is 0. The van der Waals surface area contributed by atoms with Gasteiger partial charge in [-0.15, -0.1) is 0 Å². The van der Waals surface area contributed by atoms with Crippen molar-refractivity contribution in [3.05, 3.63) is 0 Å². The Morgan fingerprint density at radius 2 is 1.25 bits per heavy atom. The van der Waals surface area contributed by atoms with Crippen LogP contribution in [0.15, 0.2) is 0 Å². The van der Waals surface area contributed by atoms with Crippen molar-refractivity contribution < 1.29 is 27.6 Å². The third kappa shape index (κ3) is 8.98. The van der Waals surface area contributed by atoms with Gasteiger partial charge in [0.1, 0.15) is 0 Å². The SMILES string of the molecule is O.[K].[O]=[Os]. The van der Waals surface area contributed by atoms with E-state index in [0.717, 1.165) is 0 Å². The first-order valence-electron chi connectivity index (χ1n) is 0.144. The molecular weight excluding hydrogens is 261 g/mol. The van der Waals surface area contributed by atoms with E-state index >= 15 is 0 Å². The van der Waals surface area contributed by atoms with Gasteiger partial charge in [0, 0.05) is 51.4 Å². The van der Waals surface area contributed by atoms with E-state index in [1.54, 1.807) is 0 Å². The first-order valence-corrected chi connectivity index (χ1v) is 1.18. The van der Waals surface area contributed by atoms with Crippen LogP contribution in [0.25, 0.3) is 0 Å². The number of hydrogen-bond acceptors (Lipinski definition) is 1. The predicted molar refractivity (Wildman–Crippen MR) is 10.1 cm³/mol. The van der Waals surface area contributed by atoms with Gasteiger partial charge in [-0.2, -0.15) is 0 Å². The maximum absolute atomic E-state index is 8.28. The van der Waals surface area contributed by atoms with Crippen molar-refractivity contribution in [2.45, 2.75) is 0 Å². The van der Waals surface area contributed by atoms with E-state index in [0.29, 0.717) is 18.6 Å². The van der Waals surface area contributed by atoms with Crippen molar-refractivity contribution in [1.82, 2.24) is 0 Å². The Morgan fingerprint density at radius 3 is 1.25 bits per heavy atom. The maximum atomic E-state index is 8.28. The van der Waals surface area contributed by atoms with Crippen LogP contribution in [0.4, 0.5) is 0 Å². The second kappa shape index (κ2) is 19.8. The average Bonchev–Trinajstić information content (AvgIpc) is 1.00. The van der Waals surface area contributed by atoms with E-state index in [4.69, 9.17) is 3.54 Å². The van der Waals surface area contributed by atoms with Gasteiger partial charge in [0.25, 0.3) is 0 Å². The number of rotatable bonds is 0. The molecule has 2 nitrogen and oxygen atoms in total. The summed E-state index contributed by atoms with van der Waals surface area (Å²) in [6.07, 6.45) is 0. The Morgan fingerprint density at radius 1 is 1.25 bits per heavy atom. The summed E-state index contributed by atoms with van der Waals surface area (Å²) < 4.78 is 8.28. The molecule has 0 aliphatic heterocycles. The van der Waals surface area contributed by atoms with Crippen LogP contribution >= 0.6 is 0 Å². The van der Waals surface area contributed by atoms with Gasteiger partial charge in [0.2, 0.25) is 0 Å². The Hall–Kier alpha value is 2.03. The molecule has 0 saturated carbocycles. The molecule has 0 spiro atoms. The van der Waals surface area contributed by atoms with Crippen LogP contribution in [-0.2, 0) is 22.1 Å². The monoisotopic (exact) mass is 265 g/mol. The molecule has 0 aliphatic carbocycles. The van der Waals surface area contributed by atoms with Crippen molar-refractivity contribution in [2.75, 3.05) is 0 Å². The second-order valence-electron chi connectivity index (χ2n) is 0. The van der Waals surface area contributed by atoms with Gasteiger partial charge < -0.3 is 5.48 Å². The molecule has 2 N–H and O–H groups in total. The molecule has 0 rings (SSSR count). The summed E-state index contributed by atoms with van der Waals surface area (Å²) in [6, 6.07) is 0. The Labute approximate surface area is 77.3 Å². The third-order valence-corrected chi connectivity index (χ3v) is 0. The number of hydrogen-bond donors (Lipinski definition) is 0. The molecule has 4 heteroatoms. The van der Waals surface area contributed by atoms with Crippen LogP contribution in [-0.4, -0.2) is 56.9 Å². The van der Waals surface area contributed by atoms with Crippen LogP contribution in [0, 0.1) is 0 Å². The van der Waals surface area contributed by atoms with Gasteiger partial charge in [0.05, 0.1) is 0 Å². The van der Waals surface area contributed by atoms with Gasteiger partial charge >= 0.3 is 22.1 Å². The summed E-state index contributed by atoms with van der Waals surface area (Å²) in [6.45, 7) is 0. The fraction of sp³-hybridized carbons (Fsp3) is 0. The predicted octanol–water partition coefficient (Wildman–Crippen LogP) is -1.33. The molecule has 0 aliphatic rings. The molecule has 0 saturated heterocycles. The molecule has 0 fully saturated rings. The zero-order valence-corrected chi connectivity index (χ0v) is 7.93. The van der Waals surface area contributed by atoms with Crippen LogP contribution < -0.4 is 0 Å². The summed E-state index contributed by atoms with van der Waals surface area (Å²) >= 11 is 0.611. The van der Waals surface area contributed by atoms with Crippen LogP contribution in [0.2, 0.25) is 0 Å². The molecule has 0 heterocycles. The molecule has 0 aromatic carbocycles. The fourth-order valence-corrected chi connectivity index (χ4v) is 0. The quantitative estimate of drug-likeness (QED) is 0.500. The van der Waals surface area contributed by atoms with E-state index in [2.05, 4.69) is 0 Å². The minimum atomic E-state index is 0. The summed E-state index contributed by atoms with van der Waals surface area (Å²) in [5, 5.41) is 0. The molecule has 0 atom stereocenters. The molecule has 0 aromatic rings. The molecular formula is H2KO2Os. The van der Waals surface area contributed by atoms with Crippen molar-refractivity contribution in [1.29, 1.82) is 0 Å². The van der Waals surface area contributed by atoms with Crippen molar-refractivity contribution in [3.63, 3.8) is 0 Å². The second-order valence-corrected chi connectivity index (χ2v) is 0. The van der Waals surface area contributed by atoms with Crippen molar-refractivity contribution in [2.24, 2.45) is 0 Å². The topological polar surface area (TPSA) is 48.6 Å². The molecule has 0 aromatic heterocycles. The molecule has 23 valence electrons. The van der Waals surface area contributed by atoms with E-state index in [1.165, 1.54) is 0 Å². The van der Waals surface area contributed by atoms with Crippen molar-refractivity contribution >= 4 is 51.4 Å². The molecule has 4 heavy (non-hydrogen) atoms. The zero-order chi connectivity index (χ0) is 2.00. The Kier molecular flexibility index (Phi) is 82.3. The average molecular weight is 263 g/mol. The van der Waals surface area contributed by atoms with Gasteiger partial charge in [-0.3, -0.25) is 0 Å². The molecule has 0 unspecified atom stereocenters. The van der Waals surface area contributed by atoms with Crippen LogP contribution in [0.1, 0.15) is 0 Å². The third-order valence-electron chi connectivity index (χ3n) is 0. The molecule has 0 bridgehead atoms. The van der Waals surface area contributed by atoms with Gasteiger partial charge in [-0.25, -0.2) is 0 Å². The van der Waals surface area contributed by atoms with Crippen LogP contribution in [0.5, 0.6) is 0 Å². The minimum absolute atomic E-state index is 0. The van der Waals surface area contributed by atoms with Gasteiger partial charge in [-0.05, 0) is 0 Å². The van der Waals surface area contributed by atoms with Gasteiger partial charge in [-0.1, -0.05) is 0 Å². The van der Waals surface area contributed by atoms with E-state index in [-0.39, 0.29) is 56.9 Å². The van der Waals surface area contributed by atoms with E-state index in [1.807, 2.05) is 0 Å². The standard InChI is InChI=1S/K.H2O.O.Os/h;1H2;;. The van der Waals surface area contributed by atoms with Crippen molar-refractivity contribution in [3.8, 4) is 0 Å². The zero-order valence-electron chi connectivity index (χ0n) is 2.26. The van der Waals surface area contributed by atoms with E-state index in [9.17, 15) is 0 Å². The summed E-state index contributed by atoms with van der Waals surface area (Å²) in [5.41, 5.74) is 0. The Balaban J connectivity index is -0.00000000500. The molecule has 1 radical (unpaired) electrons. The Bertz CT molecular complexity index is 6.00. The first-order chi connectivity index (χ1) is 1.00. The van der Waals surface area contributed by atoms with E-state index < -0.39 is 0 Å². The summed E-state index contributed by atoms with van der Waals surface area (Å²) in [7, 11) is 0. The molecule has 0 amide bonds.